The zero-order valence-electron chi connectivity index (χ0n) is 19.7. The fourth-order valence-electron chi connectivity index (χ4n) is 2.65. The molecule has 180 valence electrons. The zero-order chi connectivity index (χ0) is 23.0. The van der Waals surface area contributed by atoms with Gasteiger partial charge >= 0.3 is 14.9 Å². The first kappa shape index (κ1) is 29.2. The number of carbonyl (C=O) groups is 1. The van der Waals surface area contributed by atoms with Gasteiger partial charge in [-0.15, -0.1) is 0 Å². The number of hydrogen-bond acceptors (Lipinski definition) is 9. The van der Waals surface area contributed by atoms with Crippen LogP contribution in [0.25, 0.3) is 0 Å². The van der Waals surface area contributed by atoms with Crippen molar-refractivity contribution >= 4 is 14.9 Å². The van der Waals surface area contributed by atoms with Gasteiger partial charge in [-0.1, -0.05) is 0 Å². The Bertz CT molecular complexity index is 427. The predicted octanol–water partition coefficient (Wildman–Crippen LogP) is 3.23. The van der Waals surface area contributed by atoms with Crippen LogP contribution in [0, 0.1) is 0 Å². The van der Waals surface area contributed by atoms with Gasteiger partial charge in [0.05, 0.1) is 0 Å². The molecule has 30 heavy (non-hydrogen) atoms. The second-order valence-corrected chi connectivity index (χ2v) is 9.06. The van der Waals surface area contributed by atoms with Gasteiger partial charge in [0.1, 0.15) is 0 Å². The van der Waals surface area contributed by atoms with Crippen LogP contribution in [0.2, 0.25) is 6.04 Å². The SMILES string of the molecule is CCO[Si](CCCNC(=O)OC(C)OC(C)OC(C)OC(C)OC)(OCC)OCC. The third-order valence-corrected chi connectivity index (χ3v) is 6.93. The number of hydrogen-bond donors (Lipinski definition) is 1. The standard InChI is InChI=1S/C19H41NO9Si/c1-9-23-30(24-10-2,25-11-3)14-12-13-20-19(21)29-18(7)28-17(6)27-16(5)26-15(4)22-8/h15-18H,9-14H2,1-8H3,(H,20,21). The highest BCUT2D eigenvalue weighted by Gasteiger charge is 2.39. The van der Waals surface area contributed by atoms with Gasteiger partial charge in [-0.2, -0.15) is 0 Å². The lowest BCUT2D eigenvalue weighted by Gasteiger charge is -2.28. The Morgan fingerprint density at radius 2 is 1.27 bits per heavy atom. The molecule has 0 fully saturated rings. The van der Waals surface area contributed by atoms with Crippen molar-refractivity contribution in [1.82, 2.24) is 5.32 Å². The van der Waals surface area contributed by atoms with Crippen LogP contribution in [0.5, 0.6) is 0 Å². The summed E-state index contributed by atoms with van der Waals surface area (Å²) in [7, 11) is -1.17. The molecule has 0 radical (unpaired) electrons. The van der Waals surface area contributed by atoms with Gasteiger partial charge < -0.3 is 42.3 Å². The van der Waals surface area contributed by atoms with E-state index < -0.39 is 40.1 Å². The average molecular weight is 456 g/mol. The van der Waals surface area contributed by atoms with Crippen molar-refractivity contribution in [1.29, 1.82) is 0 Å². The Kier molecular flexibility index (Phi) is 16.4. The highest BCUT2D eigenvalue weighted by atomic mass is 28.4. The van der Waals surface area contributed by atoms with E-state index in [9.17, 15) is 4.79 Å². The molecule has 0 saturated heterocycles. The van der Waals surface area contributed by atoms with Crippen LogP contribution in [-0.4, -0.2) is 73.5 Å². The Balaban J connectivity index is 4.22. The molecule has 4 unspecified atom stereocenters. The van der Waals surface area contributed by atoms with Crippen LogP contribution in [0.3, 0.4) is 0 Å². The molecule has 0 aromatic rings. The van der Waals surface area contributed by atoms with E-state index in [1.165, 1.54) is 0 Å². The van der Waals surface area contributed by atoms with Crippen LogP contribution < -0.4 is 5.32 Å². The van der Waals surface area contributed by atoms with Gasteiger partial charge in [-0.3, -0.25) is 0 Å². The highest BCUT2D eigenvalue weighted by Crippen LogP contribution is 2.17. The number of rotatable bonds is 18. The predicted molar refractivity (Wildman–Crippen MR) is 113 cm³/mol. The van der Waals surface area contributed by atoms with E-state index in [1.54, 1.807) is 34.8 Å². The van der Waals surface area contributed by atoms with Crippen LogP contribution in [-0.2, 0) is 37.0 Å². The third kappa shape index (κ3) is 13.5. The first-order valence-electron chi connectivity index (χ1n) is 10.6. The number of alkyl carbamates (subject to hydrolysis) is 1. The molecule has 1 amide bonds. The largest absolute Gasteiger partial charge is 0.500 e. The lowest BCUT2D eigenvalue weighted by Crippen LogP contribution is -2.46. The van der Waals surface area contributed by atoms with Gasteiger partial charge in [-0.05, 0) is 54.9 Å². The van der Waals surface area contributed by atoms with Gasteiger partial charge in [0.2, 0.25) is 6.29 Å². The fourth-order valence-corrected chi connectivity index (χ4v) is 5.26. The summed E-state index contributed by atoms with van der Waals surface area (Å²) in [5.41, 5.74) is 0. The van der Waals surface area contributed by atoms with Gasteiger partial charge in [0, 0.05) is 39.5 Å². The zero-order valence-corrected chi connectivity index (χ0v) is 20.7. The highest BCUT2D eigenvalue weighted by molar-refractivity contribution is 6.60. The van der Waals surface area contributed by atoms with E-state index in [0.29, 0.717) is 38.8 Å². The minimum Gasteiger partial charge on any atom is -0.420 e. The van der Waals surface area contributed by atoms with E-state index >= 15 is 0 Å². The molecule has 0 rings (SSSR count). The number of ether oxygens (including phenoxy) is 5. The topological polar surface area (TPSA) is 103 Å². The molecule has 0 aromatic carbocycles. The van der Waals surface area contributed by atoms with Gasteiger partial charge in [0.15, 0.2) is 18.9 Å². The molecule has 0 heterocycles. The fraction of sp³-hybridized carbons (Fsp3) is 0.947. The Labute approximate surface area is 182 Å². The Morgan fingerprint density at radius 1 is 0.800 bits per heavy atom. The minimum absolute atomic E-state index is 0.401. The summed E-state index contributed by atoms with van der Waals surface area (Å²) >= 11 is 0. The molecule has 0 bridgehead atoms. The van der Waals surface area contributed by atoms with Crippen molar-refractivity contribution in [2.45, 2.75) is 86.1 Å². The molecular weight excluding hydrogens is 414 g/mol. The average Bonchev–Trinajstić information content (AvgIpc) is 2.65. The summed E-state index contributed by atoms with van der Waals surface area (Å²) in [5, 5.41) is 2.69. The first-order valence-corrected chi connectivity index (χ1v) is 12.5. The number of amides is 1. The first-order chi connectivity index (χ1) is 14.2. The van der Waals surface area contributed by atoms with Crippen LogP contribution in [0.1, 0.15) is 54.9 Å². The Hall–Kier alpha value is -0.793. The molecule has 0 aromatic heterocycles. The van der Waals surface area contributed by atoms with E-state index in [1.807, 2.05) is 20.8 Å². The van der Waals surface area contributed by atoms with Crippen molar-refractivity contribution in [3.63, 3.8) is 0 Å². The van der Waals surface area contributed by atoms with E-state index in [2.05, 4.69) is 5.32 Å². The normalized spacial score (nSPS) is 16.0. The second-order valence-electron chi connectivity index (χ2n) is 6.33. The maximum Gasteiger partial charge on any atom is 0.500 e. The molecule has 0 aliphatic heterocycles. The number of methoxy groups -OCH3 is 1. The summed E-state index contributed by atoms with van der Waals surface area (Å²) < 4.78 is 43.9. The summed E-state index contributed by atoms with van der Waals surface area (Å²) in [6.07, 6.45) is -2.31. The third-order valence-electron chi connectivity index (χ3n) is 3.78. The quantitative estimate of drug-likeness (QED) is 0.189. The van der Waals surface area contributed by atoms with Crippen molar-refractivity contribution in [2.24, 2.45) is 0 Å². The van der Waals surface area contributed by atoms with Crippen molar-refractivity contribution in [3.05, 3.63) is 0 Å². The number of carbonyl (C=O) groups excluding carboxylic acids is 1. The monoisotopic (exact) mass is 455 g/mol. The van der Waals surface area contributed by atoms with Crippen molar-refractivity contribution in [3.8, 4) is 0 Å². The van der Waals surface area contributed by atoms with Crippen molar-refractivity contribution in [2.75, 3.05) is 33.5 Å². The summed E-state index contributed by atoms with van der Waals surface area (Å²) in [4.78, 5) is 12.0. The van der Waals surface area contributed by atoms with Crippen LogP contribution in [0.15, 0.2) is 0 Å². The van der Waals surface area contributed by atoms with E-state index in [-0.39, 0.29) is 0 Å². The molecular formula is C19H41NO9Si. The molecule has 1 N–H and O–H groups in total. The Morgan fingerprint density at radius 3 is 1.73 bits per heavy atom. The summed E-state index contributed by atoms with van der Waals surface area (Å²) in [6.45, 7) is 14.5. The molecule has 0 aliphatic rings. The van der Waals surface area contributed by atoms with E-state index in [4.69, 9.17) is 37.0 Å². The van der Waals surface area contributed by atoms with Gasteiger partial charge in [0.25, 0.3) is 0 Å². The number of nitrogens with one attached hydrogen (secondary N) is 1. The molecule has 11 heteroatoms. The lowest BCUT2D eigenvalue weighted by molar-refractivity contribution is -0.297. The van der Waals surface area contributed by atoms with Crippen LogP contribution >= 0.6 is 0 Å². The van der Waals surface area contributed by atoms with Crippen molar-refractivity contribution < 1.29 is 41.8 Å². The lowest BCUT2D eigenvalue weighted by atomic mass is 10.5. The van der Waals surface area contributed by atoms with Crippen LogP contribution in [0.4, 0.5) is 4.79 Å². The van der Waals surface area contributed by atoms with E-state index in [0.717, 1.165) is 0 Å². The maximum atomic E-state index is 12.0. The molecule has 4 atom stereocenters. The molecule has 0 saturated carbocycles. The minimum atomic E-state index is -2.71. The smallest absolute Gasteiger partial charge is 0.420 e. The molecule has 10 nitrogen and oxygen atoms in total. The summed E-state index contributed by atoms with van der Waals surface area (Å²) in [5.74, 6) is 0. The summed E-state index contributed by atoms with van der Waals surface area (Å²) in [6, 6.07) is 0.609. The molecule has 0 aliphatic carbocycles. The maximum absolute atomic E-state index is 12.0. The second kappa shape index (κ2) is 16.8. The molecule has 0 spiro atoms. The van der Waals surface area contributed by atoms with Gasteiger partial charge in [-0.25, -0.2) is 4.79 Å².